The maximum Gasteiger partial charge on any atom is 0.378 e. The third-order valence-electron chi connectivity index (χ3n) is 1.78. The third-order valence-corrected chi connectivity index (χ3v) is 1.78. The number of alkyl halides is 7. The summed E-state index contributed by atoms with van der Waals surface area (Å²) in [6.45, 7) is -2.48. The zero-order valence-electron chi connectivity index (χ0n) is 8.29. The van der Waals surface area contributed by atoms with E-state index >= 15 is 0 Å². The molecule has 9 heteroatoms. The molecule has 0 saturated carbocycles. The summed E-state index contributed by atoms with van der Waals surface area (Å²) >= 11 is 0. The molecule has 0 rings (SSSR count). The number of carboxylic acid groups (broad SMARTS) is 1. The Balaban J connectivity index is 5.46. The van der Waals surface area contributed by atoms with Crippen LogP contribution >= 0.6 is 0 Å². The van der Waals surface area contributed by atoms with Crippen LogP contribution in [0.3, 0.4) is 0 Å². The van der Waals surface area contributed by atoms with Crippen molar-refractivity contribution in [3.8, 4) is 0 Å². The first-order chi connectivity index (χ1) is 7.39. The summed E-state index contributed by atoms with van der Waals surface area (Å²) in [4.78, 5) is 10.1. The van der Waals surface area contributed by atoms with Gasteiger partial charge in [0.1, 0.15) is 0 Å². The van der Waals surface area contributed by atoms with E-state index in [4.69, 9.17) is 5.11 Å². The predicted molar refractivity (Wildman–Crippen MR) is 42.2 cm³/mol. The van der Waals surface area contributed by atoms with Crippen molar-refractivity contribution < 1.29 is 40.6 Å². The summed E-state index contributed by atoms with van der Waals surface area (Å²) in [6, 6.07) is 0. The molecule has 0 aromatic rings. The van der Waals surface area contributed by atoms with Gasteiger partial charge in [0.2, 0.25) is 0 Å². The summed E-state index contributed by atoms with van der Waals surface area (Å²) < 4.78 is 87.0. The minimum Gasteiger partial charge on any atom is -0.478 e. The maximum absolute atomic E-state index is 12.8. The minimum absolute atomic E-state index is 0.514. The highest BCUT2D eigenvalue weighted by molar-refractivity contribution is 5.86. The lowest BCUT2D eigenvalue weighted by Gasteiger charge is -2.29. The molecular weight excluding hydrogens is 261 g/mol. The first kappa shape index (κ1) is 15.7. The largest absolute Gasteiger partial charge is 0.478 e. The Morgan fingerprint density at radius 1 is 1.18 bits per heavy atom. The first-order valence-electron chi connectivity index (χ1n) is 4.01. The van der Waals surface area contributed by atoms with Crippen LogP contribution in [0.5, 0.6) is 0 Å². The number of carbonyl (C=O) groups is 1. The van der Waals surface area contributed by atoms with Crippen molar-refractivity contribution in [1.29, 1.82) is 0 Å². The Labute approximate surface area is 90.7 Å². The van der Waals surface area contributed by atoms with E-state index < -0.39 is 42.1 Å². The van der Waals surface area contributed by atoms with Crippen molar-refractivity contribution in [3.63, 3.8) is 0 Å². The van der Waals surface area contributed by atoms with Crippen LogP contribution in [0.4, 0.5) is 30.7 Å². The third kappa shape index (κ3) is 2.89. The fourth-order valence-corrected chi connectivity index (χ4v) is 0.752. The molecule has 0 aliphatic heterocycles. The van der Waals surface area contributed by atoms with Crippen LogP contribution in [-0.4, -0.2) is 35.5 Å². The minimum atomic E-state index is -6.02. The second-order valence-corrected chi connectivity index (χ2v) is 3.17. The van der Waals surface area contributed by atoms with Gasteiger partial charge >= 0.3 is 23.7 Å². The molecule has 0 bridgehead atoms. The molecule has 0 aromatic heterocycles. The van der Waals surface area contributed by atoms with Crippen LogP contribution in [0.1, 0.15) is 6.92 Å². The number of halogens is 7. The van der Waals surface area contributed by atoms with Gasteiger partial charge in [0.25, 0.3) is 0 Å². The second-order valence-electron chi connectivity index (χ2n) is 3.17. The molecule has 0 saturated heterocycles. The van der Waals surface area contributed by atoms with E-state index in [1.54, 1.807) is 0 Å². The van der Waals surface area contributed by atoms with Crippen molar-refractivity contribution in [2.24, 2.45) is 0 Å². The number of aliphatic carboxylic acids is 1. The van der Waals surface area contributed by atoms with Gasteiger partial charge in [-0.25, -0.2) is 9.18 Å². The maximum atomic E-state index is 12.8. The first-order valence-corrected chi connectivity index (χ1v) is 4.01. The standard InChI is InChI=1S/C8H7F7O2/c1-4(5(16)17)2-6(10,11)8(14,15)7(12,13)3-9/h2H,3H2,1H3,(H,16,17)/b4-2+. The highest BCUT2D eigenvalue weighted by Crippen LogP contribution is 2.46. The Hall–Kier alpha value is -1.28. The van der Waals surface area contributed by atoms with Crippen LogP contribution in [0.2, 0.25) is 0 Å². The van der Waals surface area contributed by atoms with Crippen molar-refractivity contribution in [3.05, 3.63) is 11.6 Å². The van der Waals surface area contributed by atoms with Gasteiger partial charge < -0.3 is 5.11 Å². The fraction of sp³-hybridized carbons (Fsp3) is 0.625. The second kappa shape index (κ2) is 4.53. The smallest absolute Gasteiger partial charge is 0.378 e. The summed E-state index contributed by atoms with van der Waals surface area (Å²) in [5.41, 5.74) is -1.26. The zero-order chi connectivity index (χ0) is 14.1. The Morgan fingerprint density at radius 3 is 1.88 bits per heavy atom. The lowest BCUT2D eigenvalue weighted by Crippen LogP contribution is -2.54. The van der Waals surface area contributed by atoms with E-state index in [0.29, 0.717) is 6.92 Å². The quantitative estimate of drug-likeness (QED) is 0.615. The van der Waals surface area contributed by atoms with Gasteiger partial charge in [0.15, 0.2) is 6.67 Å². The van der Waals surface area contributed by atoms with Crippen molar-refractivity contribution >= 4 is 5.97 Å². The summed E-state index contributed by atoms with van der Waals surface area (Å²) in [6.07, 6.45) is -0.834. The molecule has 0 spiro atoms. The molecule has 0 aliphatic rings. The molecule has 0 amide bonds. The molecule has 0 aromatic carbocycles. The zero-order valence-corrected chi connectivity index (χ0v) is 8.29. The van der Waals surface area contributed by atoms with E-state index in [1.807, 2.05) is 0 Å². The fourth-order valence-electron chi connectivity index (χ4n) is 0.752. The molecule has 0 fully saturated rings. The summed E-state index contributed by atoms with van der Waals surface area (Å²) in [5.74, 6) is -19.1. The van der Waals surface area contributed by atoms with Crippen molar-refractivity contribution in [1.82, 2.24) is 0 Å². The van der Waals surface area contributed by atoms with Crippen LogP contribution in [0.15, 0.2) is 11.6 Å². The number of hydrogen-bond donors (Lipinski definition) is 1. The van der Waals surface area contributed by atoms with Crippen LogP contribution in [-0.2, 0) is 4.79 Å². The highest BCUT2D eigenvalue weighted by atomic mass is 19.3. The van der Waals surface area contributed by atoms with Gasteiger partial charge in [-0.05, 0) is 6.92 Å². The van der Waals surface area contributed by atoms with Crippen LogP contribution in [0.25, 0.3) is 0 Å². The molecule has 0 aliphatic carbocycles. The molecule has 0 heterocycles. The van der Waals surface area contributed by atoms with Crippen molar-refractivity contribution in [2.75, 3.05) is 6.67 Å². The van der Waals surface area contributed by atoms with Gasteiger partial charge in [-0.15, -0.1) is 0 Å². The SMILES string of the molecule is C/C(=C\C(F)(F)C(F)(F)C(F)(F)CF)C(=O)O. The molecule has 1 N–H and O–H groups in total. The van der Waals surface area contributed by atoms with Crippen LogP contribution in [0, 0.1) is 0 Å². The van der Waals surface area contributed by atoms with Gasteiger partial charge in [-0.3, -0.25) is 0 Å². The Kier molecular flexibility index (Phi) is 4.19. The molecule has 0 unspecified atom stereocenters. The summed E-state index contributed by atoms with van der Waals surface area (Å²) in [5, 5.41) is 8.16. The van der Waals surface area contributed by atoms with E-state index in [-0.39, 0.29) is 0 Å². The monoisotopic (exact) mass is 268 g/mol. The van der Waals surface area contributed by atoms with Crippen molar-refractivity contribution in [2.45, 2.75) is 24.7 Å². The van der Waals surface area contributed by atoms with Gasteiger partial charge in [-0.2, -0.15) is 26.3 Å². The lowest BCUT2D eigenvalue weighted by atomic mass is 10.0. The van der Waals surface area contributed by atoms with Gasteiger partial charge in [0, 0.05) is 11.6 Å². The molecule has 2 nitrogen and oxygen atoms in total. The Morgan fingerprint density at radius 2 is 1.59 bits per heavy atom. The van der Waals surface area contributed by atoms with Gasteiger partial charge in [-0.1, -0.05) is 0 Å². The normalized spacial score (nSPS) is 14.9. The average Bonchev–Trinajstić information content (AvgIpc) is 2.16. The average molecular weight is 268 g/mol. The summed E-state index contributed by atoms with van der Waals surface area (Å²) in [7, 11) is 0. The predicted octanol–water partition coefficient (Wildman–Crippen LogP) is 2.89. The van der Waals surface area contributed by atoms with Crippen LogP contribution < -0.4 is 0 Å². The molecular formula is C8H7F7O2. The number of hydrogen-bond acceptors (Lipinski definition) is 1. The molecule has 100 valence electrons. The Bertz CT molecular complexity index is 335. The molecule has 0 radical (unpaired) electrons. The topological polar surface area (TPSA) is 37.3 Å². The van der Waals surface area contributed by atoms with E-state index in [1.165, 1.54) is 0 Å². The highest BCUT2D eigenvalue weighted by Gasteiger charge is 2.70. The molecule has 0 atom stereocenters. The number of allylic oxidation sites excluding steroid dienone is 1. The molecule has 17 heavy (non-hydrogen) atoms. The lowest BCUT2D eigenvalue weighted by molar-refractivity contribution is -0.295. The van der Waals surface area contributed by atoms with Gasteiger partial charge in [0.05, 0.1) is 0 Å². The van der Waals surface area contributed by atoms with E-state index in [0.717, 1.165) is 0 Å². The number of carboxylic acids is 1. The van der Waals surface area contributed by atoms with E-state index in [9.17, 15) is 35.5 Å². The van der Waals surface area contributed by atoms with E-state index in [2.05, 4.69) is 0 Å². The number of rotatable bonds is 5.